The predicted molar refractivity (Wildman–Crippen MR) is 111 cm³/mol. The molecule has 158 valence electrons. The van der Waals surface area contributed by atoms with E-state index in [1.54, 1.807) is 37.3 Å². The number of rotatable bonds is 9. The zero-order valence-corrected chi connectivity index (χ0v) is 17.3. The standard InChI is InChI=1S/C23H25NO6/c1-4-5-10-29-20-9-7-16(12-21(20)28-3)23(27)30-13-19(25)15-6-8-18-17(11-15)14(2)22(26)24-18/h6-9,11-12,14H,4-5,10,13H2,1-3H3,(H,24,26)/t14-/m0/s1. The zero-order valence-electron chi connectivity index (χ0n) is 17.3. The van der Waals surface area contributed by atoms with Crippen LogP contribution in [0.1, 0.15) is 58.9 Å². The van der Waals surface area contributed by atoms with Crippen molar-refractivity contribution >= 4 is 23.3 Å². The van der Waals surface area contributed by atoms with E-state index < -0.39 is 12.6 Å². The molecule has 0 spiro atoms. The molecule has 7 heteroatoms. The zero-order chi connectivity index (χ0) is 21.7. The molecule has 7 nitrogen and oxygen atoms in total. The minimum atomic E-state index is -0.631. The summed E-state index contributed by atoms with van der Waals surface area (Å²) in [5.41, 5.74) is 2.12. The van der Waals surface area contributed by atoms with Gasteiger partial charge in [0.1, 0.15) is 0 Å². The number of hydrogen-bond acceptors (Lipinski definition) is 6. The number of ether oxygens (including phenoxy) is 3. The highest BCUT2D eigenvalue weighted by atomic mass is 16.5. The quantitative estimate of drug-likeness (QED) is 0.381. The highest BCUT2D eigenvalue weighted by Gasteiger charge is 2.27. The van der Waals surface area contributed by atoms with Crippen molar-refractivity contribution in [1.29, 1.82) is 0 Å². The Balaban J connectivity index is 1.63. The number of hydrogen-bond donors (Lipinski definition) is 1. The van der Waals surface area contributed by atoms with Gasteiger partial charge in [-0.3, -0.25) is 9.59 Å². The number of fused-ring (bicyclic) bond motifs is 1. The summed E-state index contributed by atoms with van der Waals surface area (Å²) < 4.78 is 16.1. The SMILES string of the molecule is CCCCOc1ccc(C(=O)OCC(=O)c2ccc3c(c2)[C@H](C)C(=O)N3)cc1OC. The fourth-order valence-corrected chi connectivity index (χ4v) is 3.13. The molecule has 1 aliphatic rings. The lowest BCUT2D eigenvalue weighted by molar-refractivity contribution is -0.116. The van der Waals surface area contributed by atoms with Crippen LogP contribution in [0.25, 0.3) is 0 Å². The van der Waals surface area contributed by atoms with Gasteiger partial charge in [0, 0.05) is 11.3 Å². The summed E-state index contributed by atoms with van der Waals surface area (Å²) in [5, 5.41) is 2.76. The molecule has 0 aromatic heterocycles. The molecular formula is C23H25NO6. The number of amides is 1. The molecule has 0 saturated heterocycles. The third kappa shape index (κ3) is 4.62. The Morgan fingerprint density at radius 1 is 1.07 bits per heavy atom. The maximum atomic E-state index is 12.5. The van der Waals surface area contributed by atoms with E-state index in [1.165, 1.54) is 13.2 Å². The maximum absolute atomic E-state index is 12.5. The number of benzene rings is 2. The van der Waals surface area contributed by atoms with Crippen LogP contribution in [0, 0.1) is 0 Å². The van der Waals surface area contributed by atoms with Crippen LogP contribution < -0.4 is 14.8 Å². The fourth-order valence-electron chi connectivity index (χ4n) is 3.13. The highest BCUT2D eigenvalue weighted by molar-refractivity contribution is 6.05. The Morgan fingerprint density at radius 3 is 2.57 bits per heavy atom. The molecule has 0 unspecified atom stereocenters. The number of unbranched alkanes of at least 4 members (excludes halogenated alkanes) is 1. The summed E-state index contributed by atoms with van der Waals surface area (Å²) in [6, 6.07) is 9.72. The number of nitrogens with one attached hydrogen (secondary N) is 1. The summed E-state index contributed by atoms with van der Waals surface area (Å²) in [4.78, 5) is 36.6. The van der Waals surface area contributed by atoms with Crippen LogP contribution in [0.15, 0.2) is 36.4 Å². The second-order valence-corrected chi connectivity index (χ2v) is 7.08. The van der Waals surface area contributed by atoms with Gasteiger partial charge in [-0.25, -0.2) is 4.79 Å². The molecule has 1 atom stereocenters. The normalized spacial score (nSPS) is 14.6. The van der Waals surface area contributed by atoms with Crippen molar-refractivity contribution in [1.82, 2.24) is 0 Å². The molecule has 1 N–H and O–H groups in total. The lowest BCUT2D eigenvalue weighted by Gasteiger charge is -2.12. The van der Waals surface area contributed by atoms with E-state index in [-0.39, 0.29) is 23.2 Å². The molecule has 0 saturated carbocycles. The lowest BCUT2D eigenvalue weighted by Crippen LogP contribution is -2.14. The van der Waals surface area contributed by atoms with Crippen LogP contribution in [-0.4, -0.2) is 38.0 Å². The summed E-state index contributed by atoms with van der Waals surface area (Å²) in [7, 11) is 1.50. The van der Waals surface area contributed by atoms with Gasteiger partial charge >= 0.3 is 5.97 Å². The Kier molecular flexibility index (Phi) is 6.72. The molecule has 2 aromatic rings. The second kappa shape index (κ2) is 9.43. The van der Waals surface area contributed by atoms with Gasteiger partial charge in [0.15, 0.2) is 23.9 Å². The first-order valence-corrected chi connectivity index (χ1v) is 9.90. The first-order valence-electron chi connectivity index (χ1n) is 9.90. The number of anilines is 1. The summed E-state index contributed by atoms with van der Waals surface area (Å²) in [5.74, 6) is -0.416. The highest BCUT2D eigenvalue weighted by Crippen LogP contribution is 2.33. The van der Waals surface area contributed by atoms with Crippen LogP contribution in [0.2, 0.25) is 0 Å². The first-order chi connectivity index (χ1) is 14.4. The smallest absolute Gasteiger partial charge is 0.338 e. The second-order valence-electron chi connectivity index (χ2n) is 7.08. The maximum Gasteiger partial charge on any atom is 0.338 e. The monoisotopic (exact) mass is 411 g/mol. The fraction of sp³-hybridized carbons (Fsp3) is 0.348. The van der Waals surface area contributed by atoms with Gasteiger partial charge in [-0.05, 0) is 55.3 Å². The van der Waals surface area contributed by atoms with Gasteiger partial charge in [0.25, 0.3) is 0 Å². The summed E-state index contributed by atoms with van der Waals surface area (Å²) in [6.45, 7) is 4.01. The number of carbonyl (C=O) groups excluding carboxylic acids is 3. The van der Waals surface area contributed by atoms with Gasteiger partial charge in [-0.2, -0.15) is 0 Å². The number of Topliss-reactive ketones (excluding diaryl/α,β-unsaturated/α-hetero) is 1. The van der Waals surface area contributed by atoms with Gasteiger partial charge in [-0.1, -0.05) is 13.3 Å². The molecule has 3 rings (SSSR count). The average molecular weight is 411 g/mol. The molecule has 0 aliphatic carbocycles. The molecule has 1 amide bonds. The van der Waals surface area contributed by atoms with E-state index >= 15 is 0 Å². The number of esters is 1. The van der Waals surface area contributed by atoms with E-state index in [0.29, 0.717) is 29.4 Å². The van der Waals surface area contributed by atoms with Crippen molar-refractivity contribution in [3.05, 3.63) is 53.1 Å². The first kappa shape index (κ1) is 21.4. The largest absolute Gasteiger partial charge is 0.493 e. The minimum absolute atomic E-state index is 0.0999. The van der Waals surface area contributed by atoms with Gasteiger partial charge in [0.2, 0.25) is 5.91 Å². The average Bonchev–Trinajstić information content (AvgIpc) is 3.05. The molecule has 30 heavy (non-hydrogen) atoms. The molecule has 0 bridgehead atoms. The number of carbonyl (C=O) groups is 3. The van der Waals surface area contributed by atoms with Crippen molar-refractivity contribution in [2.24, 2.45) is 0 Å². The Labute approximate surface area is 175 Å². The minimum Gasteiger partial charge on any atom is -0.493 e. The van der Waals surface area contributed by atoms with Crippen molar-refractivity contribution < 1.29 is 28.6 Å². The lowest BCUT2D eigenvalue weighted by atomic mass is 9.99. The predicted octanol–water partition coefficient (Wildman–Crippen LogP) is 3.97. The number of methoxy groups -OCH3 is 1. The van der Waals surface area contributed by atoms with Crippen molar-refractivity contribution in [2.45, 2.75) is 32.6 Å². The van der Waals surface area contributed by atoms with E-state index in [1.807, 2.05) is 0 Å². The van der Waals surface area contributed by atoms with Crippen LogP contribution >= 0.6 is 0 Å². The van der Waals surface area contributed by atoms with Crippen LogP contribution in [0.5, 0.6) is 11.5 Å². The van der Waals surface area contributed by atoms with E-state index in [0.717, 1.165) is 18.4 Å². The van der Waals surface area contributed by atoms with Crippen molar-refractivity contribution in [3.63, 3.8) is 0 Å². The summed E-state index contributed by atoms with van der Waals surface area (Å²) in [6.07, 6.45) is 1.93. The third-order valence-electron chi connectivity index (χ3n) is 4.98. The van der Waals surface area contributed by atoms with Gasteiger partial charge in [0.05, 0.1) is 25.2 Å². The molecular weight excluding hydrogens is 386 g/mol. The van der Waals surface area contributed by atoms with Crippen LogP contribution in [-0.2, 0) is 9.53 Å². The topological polar surface area (TPSA) is 90.9 Å². The molecule has 0 radical (unpaired) electrons. The summed E-state index contributed by atoms with van der Waals surface area (Å²) >= 11 is 0. The number of ketones is 1. The van der Waals surface area contributed by atoms with Crippen molar-refractivity contribution in [2.75, 3.05) is 25.6 Å². The van der Waals surface area contributed by atoms with E-state index in [4.69, 9.17) is 14.2 Å². The van der Waals surface area contributed by atoms with E-state index in [9.17, 15) is 14.4 Å². The molecule has 2 aromatic carbocycles. The Morgan fingerprint density at radius 2 is 1.83 bits per heavy atom. The Hall–Kier alpha value is -3.35. The van der Waals surface area contributed by atoms with Gasteiger partial charge < -0.3 is 19.5 Å². The van der Waals surface area contributed by atoms with Crippen LogP contribution in [0.4, 0.5) is 5.69 Å². The third-order valence-corrected chi connectivity index (χ3v) is 4.98. The van der Waals surface area contributed by atoms with Crippen molar-refractivity contribution in [3.8, 4) is 11.5 Å². The van der Waals surface area contributed by atoms with Crippen LogP contribution in [0.3, 0.4) is 0 Å². The molecule has 1 aliphatic heterocycles. The van der Waals surface area contributed by atoms with Gasteiger partial charge in [-0.15, -0.1) is 0 Å². The van der Waals surface area contributed by atoms with E-state index in [2.05, 4.69) is 12.2 Å². The molecule has 0 fully saturated rings. The Bertz CT molecular complexity index is 968. The molecule has 1 heterocycles.